The Morgan fingerprint density at radius 1 is 1.03 bits per heavy atom. The quantitative estimate of drug-likeness (QED) is 0.261. The molecule has 8 nitrogen and oxygen atoms in total. The zero-order valence-corrected chi connectivity index (χ0v) is 20.0. The molecule has 0 aliphatic carbocycles. The Kier molecular flexibility index (Phi) is 6.99. The minimum absolute atomic E-state index is 0.00293. The average molecular weight is 535 g/mol. The van der Waals surface area contributed by atoms with E-state index >= 15 is 0 Å². The van der Waals surface area contributed by atoms with Gasteiger partial charge in [-0.25, -0.2) is 0 Å². The Labute approximate surface area is 213 Å². The van der Waals surface area contributed by atoms with Crippen LogP contribution in [-0.4, -0.2) is 42.4 Å². The standard InChI is InChI=1S/C25H18ClF3N2O6/c1-35-18-12-16(26)19(36-2)11-15(18)22(32)20-21(17-8-3-4-9-30-17)31(24(34)23(20)33)13-6-5-7-14(10-13)37-25(27,28)29/h3-12,21,32H,1-2H3/b22-20+. The third-order valence-corrected chi connectivity index (χ3v) is 5.77. The lowest BCUT2D eigenvalue weighted by molar-refractivity contribution is -0.274. The number of aliphatic hydroxyl groups excluding tert-OH is 1. The van der Waals surface area contributed by atoms with E-state index in [-0.39, 0.29) is 39.0 Å². The minimum atomic E-state index is -4.97. The summed E-state index contributed by atoms with van der Waals surface area (Å²) in [4.78, 5) is 31.7. The summed E-state index contributed by atoms with van der Waals surface area (Å²) in [6.07, 6.45) is -3.57. The van der Waals surface area contributed by atoms with Gasteiger partial charge in [0.1, 0.15) is 29.0 Å². The van der Waals surface area contributed by atoms with Crippen LogP contribution in [0, 0.1) is 0 Å². The number of halogens is 4. The molecule has 2 aromatic carbocycles. The number of anilines is 1. The maximum atomic E-state index is 13.3. The number of aliphatic hydroxyl groups is 1. The largest absolute Gasteiger partial charge is 0.573 e. The molecular formula is C25H18ClF3N2O6. The van der Waals surface area contributed by atoms with E-state index in [4.69, 9.17) is 21.1 Å². The van der Waals surface area contributed by atoms with Crippen molar-refractivity contribution in [3.05, 3.63) is 82.6 Å². The molecular weight excluding hydrogens is 517 g/mol. The molecule has 0 radical (unpaired) electrons. The van der Waals surface area contributed by atoms with Crippen LogP contribution in [-0.2, 0) is 9.59 Å². The third-order valence-electron chi connectivity index (χ3n) is 5.47. The highest BCUT2D eigenvalue weighted by atomic mass is 35.5. The van der Waals surface area contributed by atoms with E-state index in [1.54, 1.807) is 12.1 Å². The normalized spacial score (nSPS) is 17.1. The van der Waals surface area contributed by atoms with E-state index in [1.807, 2.05) is 0 Å². The number of carbonyl (C=O) groups excluding carboxylic acids is 2. The van der Waals surface area contributed by atoms with Gasteiger partial charge in [-0.3, -0.25) is 19.5 Å². The van der Waals surface area contributed by atoms with Crippen LogP contribution in [0.1, 0.15) is 17.3 Å². The summed E-state index contributed by atoms with van der Waals surface area (Å²) in [6.45, 7) is 0. The number of hydrogen-bond acceptors (Lipinski definition) is 7. The lowest BCUT2D eigenvalue weighted by Gasteiger charge is -2.25. The van der Waals surface area contributed by atoms with E-state index in [2.05, 4.69) is 9.72 Å². The molecule has 1 fully saturated rings. The lowest BCUT2D eigenvalue weighted by atomic mass is 9.97. The number of hydrogen-bond donors (Lipinski definition) is 1. The van der Waals surface area contributed by atoms with Crippen LogP contribution < -0.4 is 19.1 Å². The summed E-state index contributed by atoms with van der Waals surface area (Å²) in [7, 11) is 2.66. The molecule has 0 saturated carbocycles. The number of Topliss-reactive ketones (excluding diaryl/α,β-unsaturated/α-hetero) is 1. The second-order valence-electron chi connectivity index (χ2n) is 7.66. The van der Waals surface area contributed by atoms with Gasteiger partial charge in [0, 0.05) is 24.0 Å². The van der Waals surface area contributed by atoms with Crippen molar-refractivity contribution >= 4 is 34.7 Å². The smallest absolute Gasteiger partial charge is 0.507 e. The molecule has 1 atom stereocenters. The number of pyridine rings is 1. The molecule has 4 rings (SSSR count). The molecule has 1 N–H and O–H groups in total. The van der Waals surface area contributed by atoms with Gasteiger partial charge in [0.25, 0.3) is 11.7 Å². The van der Waals surface area contributed by atoms with E-state index in [0.717, 1.165) is 17.0 Å². The molecule has 1 unspecified atom stereocenters. The highest BCUT2D eigenvalue weighted by molar-refractivity contribution is 6.51. The number of aromatic nitrogens is 1. The predicted octanol–water partition coefficient (Wildman–Crippen LogP) is 5.28. The van der Waals surface area contributed by atoms with Crippen LogP contribution in [0.2, 0.25) is 5.02 Å². The second-order valence-corrected chi connectivity index (χ2v) is 8.06. The molecule has 1 aliphatic rings. The molecule has 1 aromatic heterocycles. The predicted molar refractivity (Wildman–Crippen MR) is 127 cm³/mol. The first kappa shape index (κ1) is 25.8. The number of methoxy groups -OCH3 is 2. The van der Waals surface area contributed by atoms with Gasteiger partial charge in [-0.05, 0) is 30.3 Å². The number of ketones is 1. The zero-order valence-electron chi connectivity index (χ0n) is 19.2. The molecule has 1 amide bonds. The van der Waals surface area contributed by atoms with Gasteiger partial charge >= 0.3 is 6.36 Å². The van der Waals surface area contributed by atoms with Crippen LogP contribution >= 0.6 is 11.6 Å². The Morgan fingerprint density at radius 2 is 1.76 bits per heavy atom. The van der Waals surface area contributed by atoms with Gasteiger partial charge < -0.3 is 19.3 Å². The first-order valence-electron chi connectivity index (χ1n) is 10.6. The van der Waals surface area contributed by atoms with Crippen molar-refractivity contribution in [3.8, 4) is 17.2 Å². The van der Waals surface area contributed by atoms with Crippen molar-refractivity contribution < 1.29 is 42.1 Å². The molecule has 2 heterocycles. The van der Waals surface area contributed by atoms with Gasteiger partial charge in [-0.2, -0.15) is 0 Å². The molecule has 3 aromatic rings. The van der Waals surface area contributed by atoms with Crippen LogP contribution in [0.3, 0.4) is 0 Å². The van der Waals surface area contributed by atoms with Crippen molar-refractivity contribution in [2.45, 2.75) is 12.4 Å². The maximum absolute atomic E-state index is 13.3. The molecule has 0 bridgehead atoms. The Morgan fingerprint density at radius 3 is 2.38 bits per heavy atom. The third kappa shape index (κ3) is 5.03. The van der Waals surface area contributed by atoms with E-state index < -0.39 is 35.6 Å². The fourth-order valence-corrected chi connectivity index (χ4v) is 4.17. The highest BCUT2D eigenvalue weighted by Gasteiger charge is 2.48. The van der Waals surface area contributed by atoms with Gasteiger partial charge in [0.15, 0.2) is 0 Å². The monoisotopic (exact) mass is 534 g/mol. The van der Waals surface area contributed by atoms with Crippen LogP contribution in [0.15, 0.2) is 66.4 Å². The van der Waals surface area contributed by atoms with E-state index in [9.17, 15) is 27.9 Å². The SMILES string of the molecule is COc1cc(/C(O)=C2\C(=O)C(=O)N(c3cccc(OC(F)(F)F)c3)C2c2ccccn2)c(OC)cc1Cl. The first-order valence-corrected chi connectivity index (χ1v) is 10.9. The number of benzene rings is 2. The minimum Gasteiger partial charge on any atom is -0.507 e. The van der Waals surface area contributed by atoms with Crippen molar-refractivity contribution in [3.63, 3.8) is 0 Å². The fourth-order valence-electron chi connectivity index (χ4n) is 3.94. The lowest BCUT2D eigenvalue weighted by Crippen LogP contribution is -2.30. The molecule has 12 heteroatoms. The summed E-state index contributed by atoms with van der Waals surface area (Å²) in [5.74, 6) is -3.17. The van der Waals surface area contributed by atoms with Gasteiger partial charge in [-0.15, -0.1) is 13.2 Å². The number of carbonyl (C=O) groups is 2. The summed E-state index contributed by atoms with van der Waals surface area (Å²) in [6, 6.07) is 10.7. The van der Waals surface area contributed by atoms with Gasteiger partial charge in [-0.1, -0.05) is 23.7 Å². The second kappa shape index (κ2) is 10.0. The maximum Gasteiger partial charge on any atom is 0.573 e. The van der Waals surface area contributed by atoms with Crippen molar-refractivity contribution in [1.82, 2.24) is 4.98 Å². The molecule has 1 aliphatic heterocycles. The molecule has 0 spiro atoms. The zero-order chi connectivity index (χ0) is 26.9. The summed E-state index contributed by atoms with van der Waals surface area (Å²) < 4.78 is 52.9. The van der Waals surface area contributed by atoms with E-state index in [1.165, 1.54) is 50.7 Å². The van der Waals surface area contributed by atoms with Crippen LogP contribution in [0.5, 0.6) is 17.2 Å². The fraction of sp³-hybridized carbons (Fsp3) is 0.160. The molecule has 192 valence electrons. The number of ether oxygens (including phenoxy) is 3. The highest BCUT2D eigenvalue weighted by Crippen LogP contribution is 2.44. The van der Waals surface area contributed by atoms with Crippen molar-refractivity contribution in [1.29, 1.82) is 0 Å². The van der Waals surface area contributed by atoms with E-state index in [0.29, 0.717) is 0 Å². The molecule has 37 heavy (non-hydrogen) atoms. The number of nitrogens with zero attached hydrogens (tertiary/aromatic N) is 2. The Bertz CT molecular complexity index is 1390. The topological polar surface area (TPSA) is 98.2 Å². The summed E-state index contributed by atoms with van der Waals surface area (Å²) in [5.41, 5.74) is -0.283. The molecule has 1 saturated heterocycles. The first-order chi connectivity index (χ1) is 17.6. The van der Waals surface area contributed by atoms with Crippen LogP contribution in [0.25, 0.3) is 5.76 Å². The van der Waals surface area contributed by atoms with Crippen LogP contribution in [0.4, 0.5) is 18.9 Å². The average Bonchev–Trinajstić information content (AvgIpc) is 3.13. The summed E-state index contributed by atoms with van der Waals surface area (Å²) in [5, 5.41) is 11.5. The Balaban J connectivity index is 1.94. The van der Waals surface area contributed by atoms with Crippen molar-refractivity contribution in [2.24, 2.45) is 0 Å². The Hall–Kier alpha value is -4.25. The number of alkyl halides is 3. The van der Waals surface area contributed by atoms with Gasteiger partial charge in [0.05, 0.1) is 36.1 Å². The van der Waals surface area contributed by atoms with Gasteiger partial charge in [0.2, 0.25) is 0 Å². The summed E-state index contributed by atoms with van der Waals surface area (Å²) >= 11 is 6.15. The number of amides is 1. The van der Waals surface area contributed by atoms with Crippen molar-refractivity contribution in [2.75, 3.05) is 19.1 Å². The number of rotatable bonds is 6.